The van der Waals surface area contributed by atoms with Gasteiger partial charge in [-0.15, -0.1) is 11.3 Å². The fourth-order valence-electron chi connectivity index (χ4n) is 1.82. The molecular formula is C15H23NO3S. The Hall–Kier alpha value is -1.36. The van der Waals surface area contributed by atoms with Crippen LogP contribution in [0.2, 0.25) is 0 Å². The zero-order chi connectivity index (χ0) is 15.3. The number of carbonyl (C=O) groups is 2. The average molecular weight is 297 g/mol. The number of hydrogen-bond donors (Lipinski definition) is 2. The Morgan fingerprint density at radius 3 is 2.45 bits per heavy atom. The molecule has 0 aliphatic rings. The van der Waals surface area contributed by atoms with Gasteiger partial charge in [0.25, 0.3) is 0 Å². The molecule has 0 fully saturated rings. The van der Waals surface area contributed by atoms with Gasteiger partial charge in [-0.2, -0.15) is 0 Å². The van der Waals surface area contributed by atoms with Gasteiger partial charge in [0.05, 0.1) is 6.42 Å². The van der Waals surface area contributed by atoms with Crippen LogP contribution in [0.25, 0.3) is 0 Å². The lowest BCUT2D eigenvalue weighted by Crippen LogP contribution is -2.41. The second-order valence-corrected chi connectivity index (χ2v) is 7.62. The van der Waals surface area contributed by atoms with Gasteiger partial charge in [-0.05, 0) is 37.3 Å². The highest BCUT2D eigenvalue weighted by molar-refractivity contribution is 7.12. The molecule has 1 heterocycles. The number of aliphatic carboxylic acids is 1. The van der Waals surface area contributed by atoms with Gasteiger partial charge in [-0.1, -0.05) is 20.8 Å². The highest BCUT2D eigenvalue weighted by atomic mass is 32.1. The zero-order valence-corrected chi connectivity index (χ0v) is 13.3. The number of hydrogen-bond acceptors (Lipinski definition) is 3. The minimum atomic E-state index is -0.968. The van der Waals surface area contributed by atoms with Crippen LogP contribution in [-0.2, 0) is 16.0 Å². The van der Waals surface area contributed by atoms with Gasteiger partial charge in [-0.3, -0.25) is 4.79 Å². The summed E-state index contributed by atoms with van der Waals surface area (Å²) in [7, 11) is 0. The summed E-state index contributed by atoms with van der Waals surface area (Å²) < 4.78 is 0. The zero-order valence-electron chi connectivity index (χ0n) is 12.5. The van der Waals surface area contributed by atoms with Gasteiger partial charge in [0.1, 0.15) is 6.04 Å². The van der Waals surface area contributed by atoms with Crippen molar-refractivity contribution in [2.24, 2.45) is 5.41 Å². The Morgan fingerprint density at radius 2 is 2.00 bits per heavy atom. The molecule has 2 N–H and O–H groups in total. The third kappa shape index (κ3) is 6.19. The molecule has 1 unspecified atom stereocenters. The molecule has 1 amide bonds. The SMILES string of the molecule is Cc1ccc(CC(=O)NC(CCC(C)(C)C)C(=O)O)s1. The third-order valence-electron chi connectivity index (χ3n) is 2.95. The van der Waals surface area contributed by atoms with Gasteiger partial charge in [0.15, 0.2) is 0 Å². The van der Waals surface area contributed by atoms with E-state index >= 15 is 0 Å². The molecule has 1 atom stereocenters. The molecule has 112 valence electrons. The van der Waals surface area contributed by atoms with Gasteiger partial charge in [-0.25, -0.2) is 4.79 Å². The minimum Gasteiger partial charge on any atom is -0.480 e. The first-order valence-corrected chi connectivity index (χ1v) is 7.56. The average Bonchev–Trinajstić information content (AvgIpc) is 2.68. The van der Waals surface area contributed by atoms with E-state index in [9.17, 15) is 14.7 Å². The number of carbonyl (C=O) groups excluding carboxylic acids is 1. The quantitative estimate of drug-likeness (QED) is 0.848. The summed E-state index contributed by atoms with van der Waals surface area (Å²) in [4.78, 5) is 25.2. The van der Waals surface area contributed by atoms with E-state index in [0.29, 0.717) is 6.42 Å². The lowest BCUT2D eigenvalue weighted by Gasteiger charge is -2.21. The van der Waals surface area contributed by atoms with Crippen LogP contribution in [-0.4, -0.2) is 23.0 Å². The Labute approximate surface area is 124 Å². The molecule has 1 aromatic heterocycles. The molecule has 4 nitrogen and oxygen atoms in total. The Balaban J connectivity index is 2.52. The van der Waals surface area contributed by atoms with Gasteiger partial charge >= 0.3 is 5.97 Å². The van der Waals surface area contributed by atoms with Crippen LogP contribution in [0.4, 0.5) is 0 Å². The minimum absolute atomic E-state index is 0.0588. The molecule has 0 aromatic carbocycles. The number of thiophene rings is 1. The van der Waals surface area contributed by atoms with E-state index in [2.05, 4.69) is 26.1 Å². The van der Waals surface area contributed by atoms with Crippen molar-refractivity contribution in [3.05, 3.63) is 21.9 Å². The van der Waals surface area contributed by atoms with Crippen LogP contribution in [0.15, 0.2) is 12.1 Å². The number of aryl methyl sites for hydroxylation is 1. The standard InChI is InChI=1S/C15H23NO3S/c1-10-5-6-11(20-10)9-13(17)16-12(14(18)19)7-8-15(2,3)4/h5-6,12H,7-9H2,1-4H3,(H,16,17)(H,18,19). The summed E-state index contributed by atoms with van der Waals surface area (Å²) in [6.07, 6.45) is 1.45. The topological polar surface area (TPSA) is 66.4 Å². The van der Waals surface area contributed by atoms with Gasteiger partial charge < -0.3 is 10.4 Å². The van der Waals surface area contributed by atoms with Crippen LogP contribution >= 0.6 is 11.3 Å². The van der Waals surface area contributed by atoms with Crippen molar-refractivity contribution in [1.29, 1.82) is 0 Å². The summed E-state index contributed by atoms with van der Waals surface area (Å²) in [5.74, 6) is -1.20. The molecule has 1 rings (SSSR count). The van der Waals surface area contributed by atoms with E-state index in [1.807, 2.05) is 19.1 Å². The molecule has 1 aromatic rings. The third-order valence-corrected chi connectivity index (χ3v) is 3.95. The molecular weight excluding hydrogens is 274 g/mol. The Bertz CT molecular complexity index is 474. The van der Waals surface area contributed by atoms with Gasteiger partial charge in [0.2, 0.25) is 5.91 Å². The molecule has 0 aliphatic carbocycles. The van der Waals surface area contributed by atoms with Crippen molar-refractivity contribution in [1.82, 2.24) is 5.32 Å². The summed E-state index contributed by atoms with van der Waals surface area (Å²) in [5, 5.41) is 11.8. The number of carboxylic acid groups (broad SMARTS) is 1. The second-order valence-electron chi connectivity index (χ2n) is 6.25. The fraction of sp³-hybridized carbons (Fsp3) is 0.600. The van der Waals surface area contributed by atoms with E-state index < -0.39 is 12.0 Å². The van der Waals surface area contributed by atoms with Crippen LogP contribution in [0.5, 0.6) is 0 Å². The van der Waals surface area contributed by atoms with Crippen molar-refractivity contribution in [2.45, 2.75) is 53.0 Å². The molecule has 5 heteroatoms. The maximum Gasteiger partial charge on any atom is 0.326 e. The van der Waals surface area contributed by atoms with E-state index in [1.165, 1.54) is 0 Å². The van der Waals surface area contributed by atoms with Crippen LogP contribution in [0, 0.1) is 12.3 Å². The molecule has 0 aliphatic heterocycles. The van der Waals surface area contributed by atoms with E-state index in [-0.39, 0.29) is 17.7 Å². The molecule has 0 radical (unpaired) electrons. The number of carboxylic acids is 1. The number of rotatable bonds is 6. The first-order valence-electron chi connectivity index (χ1n) is 6.75. The molecule has 0 bridgehead atoms. The molecule has 0 spiro atoms. The highest BCUT2D eigenvalue weighted by Gasteiger charge is 2.22. The monoisotopic (exact) mass is 297 g/mol. The maximum absolute atomic E-state index is 11.9. The first-order chi connectivity index (χ1) is 9.17. The van der Waals surface area contributed by atoms with Crippen LogP contribution in [0.1, 0.15) is 43.4 Å². The van der Waals surface area contributed by atoms with Gasteiger partial charge in [0, 0.05) is 9.75 Å². The van der Waals surface area contributed by atoms with Crippen molar-refractivity contribution in [2.75, 3.05) is 0 Å². The molecule has 0 saturated carbocycles. The Morgan fingerprint density at radius 1 is 1.35 bits per heavy atom. The van der Waals surface area contributed by atoms with Crippen LogP contribution in [0.3, 0.4) is 0 Å². The fourth-order valence-corrected chi connectivity index (χ4v) is 2.71. The Kier molecular flexibility index (Phi) is 5.74. The molecule has 0 saturated heterocycles. The van der Waals surface area contributed by atoms with Crippen molar-refractivity contribution in [3.63, 3.8) is 0 Å². The summed E-state index contributed by atoms with van der Waals surface area (Å²) in [6, 6.07) is 3.06. The van der Waals surface area contributed by atoms with E-state index in [0.717, 1.165) is 16.2 Å². The lowest BCUT2D eigenvalue weighted by atomic mass is 9.88. The predicted molar refractivity (Wildman–Crippen MR) is 81.0 cm³/mol. The van der Waals surface area contributed by atoms with Crippen LogP contribution < -0.4 is 5.32 Å². The number of nitrogens with one attached hydrogen (secondary N) is 1. The predicted octanol–water partition coefficient (Wildman–Crippen LogP) is 2.99. The smallest absolute Gasteiger partial charge is 0.326 e. The van der Waals surface area contributed by atoms with Crippen molar-refractivity contribution >= 4 is 23.2 Å². The summed E-state index contributed by atoms with van der Waals surface area (Å²) in [6.45, 7) is 8.15. The van der Waals surface area contributed by atoms with Crippen molar-refractivity contribution < 1.29 is 14.7 Å². The van der Waals surface area contributed by atoms with Crippen molar-refractivity contribution in [3.8, 4) is 0 Å². The second kappa shape index (κ2) is 6.88. The largest absolute Gasteiger partial charge is 0.480 e. The first kappa shape index (κ1) is 16.7. The number of amides is 1. The van der Waals surface area contributed by atoms with E-state index in [1.54, 1.807) is 11.3 Å². The summed E-state index contributed by atoms with van der Waals surface area (Å²) >= 11 is 1.56. The molecule has 20 heavy (non-hydrogen) atoms. The normalized spacial score (nSPS) is 13.0. The lowest BCUT2D eigenvalue weighted by molar-refractivity contribution is -0.142. The maximum atomic E-state index is 11.9. The summed E-state index contributed by atoms with van der Waals surface area (Å²) in [5.41, 5.74) is 0.0588. The van der Waals surface area contributed by atoms with E-state index in [4.69, 9.17) is 0 Å². The highest BCUT2D eigenvalue weighted by Crippen LogP contribution is 2.22.